The first kappa shape index (κ1) is 15.8. The second kappa shape index (κ2) is 6.44. The summed E-state index contributed by atoms with van der Waals surface area (Å²) in [5.74, 6) is 1.89. The van der Waals surface area contributed by atoms with Crippen molar-refractivity contribution in [2.75, 3.05) is 21.3 Å². The summed E-state index contributed by atoms with van der Waals surface area (Å²) in [5, 5.41) is 19.0. The molecule has 0 radical (unpaired) electrons. The molecule has 0 aliphatic heterocycles. The van der Waals surface area contributed by atoms with E-state index in [4.69, 9.17) is 14.2 Å². The van der Waals surface area contributed by atoms with Gasteiger partial charge in [0.05, 0.1) is 45.7 Å². The van der Waals surface area contributed by atoms with Gasteiger partial charge < -0.3 is 19.3 Å². The number of nitriles is 1. The van der Waals surface area contributed by atoms with Gasteiger partial charge in [0.1, 0.15) is 11.5 Å². The fourth-order valence-electron chi connectivity index (χ4n) is 2.62. The molecule has 116 valence electrons. The van der Waals surface area contributed by atoms with Crippen LogP contribution in [-0.4, -0.2) is 26.4 Å². The smallest absolute Gasteiger partial charge is 0.160 e. The van der Waals surface area contributed by atoms with Crippen LogP contribution in [0.1, 0.15) is 18.4 Å². The molecule has 0 atom stereocenters. The number of aromatic hydroxyl groups is 1. The van der Waals surface area contributed by atoms with Crippen molar-refractivity contribution >= 4 is 0 Å². The fraction of sp³-hybridized carbons (Fsp3) is 0.353. The first-order chi connectivity index (χ1) is 10.6. The van der Waals surface area contributed by atoms with E-state index in [0.29, 0.717) is 12.2 Å². The lowest BCUT2D eigenvalue weighted by atomic mass is 9.74. The Morgan fingerprint density at radius 1 is 1.14 bits per heavy atom. The van der Waals surface area contributed by atoms with Crippen LogP contribution in [0.4, 0.5) is 0 Å². The molecule has 0 fully saturated rings. The molecule has 1 aromatic carbocycles. The van der Waals surface area contributed by atoms with E-state index in [9.17, 15) is 10.4 Å². The Morgan fingerprint density at radius 3 is 2.27 bits per heavy atom. The van der Waals surface area contributed by atoms with Gasteiger partial charge in [0.15, 0.2) is 11.5 Å². The zero-order valence-electron chi connectivity index (χ0n) is 12.9. The lowest BCUT2D eigenvalue weighted by Gasteiger charge is -2.31. The molecule has 5 nitrogen and oxygen atoms in total. The van der Waals surface area contributed by atoms with Gasteiger partial charge in [0, 0.05) is 0 Å². The summed E-state index contributed by atoms with van der Waals surface area (Å²) in [5.41, 5.74) is 0.150. The van der Waals surface area contributed by atoms with Crippen LogP contribution >= 0.6 is 0 Å². The van der Waals surface area contributed by atoms with Crippen molar-refractivity contribution < 1.29 is 19.3 Å². The van der Waals surface area contributed by atoms with Crippen LogP contribution in [0, 0.1) is 11.3 Å². The number of phenolic OH excluding ortho intramolecular Hbond substituents is 1. The summed E-state index contributed by atoms with van der Waals surface area (Å²) in [4.78, 5) is 0. The van der Waals surface area contributed by atoms with E-state index < -0.39 is 5.41 Å². The quantitative estimate of drug-likeness (QED) is 0.905. The number of nitrogens with zero attached hydrogens (tertiary/aromatic N) is 1. The molecular weight excluding hydrogens is 282 g/mol. The van der Waals surface area contributed by atoms with E-state index in [1.807, 2.05) is 12.2 Å². The molecule has 0 bridgehead atoms. The first-order valence-corrected chi connectivity index (χ1v) is 6.84. The summed E-state index contributed by atoms with van der Waals surface area (Å²) in [7, 11) is 4.68. The van der Waals surface area contributed by atoms with Gasteiger partial charge in [-0.2, -0.15) is 5.26 Å². The Balaban J connectivity index is 2.61. The lowest BCUT2D eigenvalue weighted by Crippen LogP contribution is -2.25. The minimum atomic E-state index is -0.676. The number of allylic oxidation sites excluding steroid dienone is 2. The molecule has 0 amide bonds. The Morgan fingerprint density at radius 2 is 1.77 bits per heavy atom. The normalized spacial score (nSPS) is 16.1. The maximum Gasteiger partial charge on any atom is 0.160 e. The number of hydrogen-bond acceptors (Lipinski definition) is 5. The van der Waals surface area contributed by atoms with E-state index in [2.05, 4.69) is 6.07 Å². The van der Waals surface area contributed by atoms with E-state index in [-0.39, 0.29) is 12.2 Å². The molecule has 0 spiro atoms. The van der Waals surface area contributed by atoms with Gasteiger partial charge in [-0.15, -0.1) is 0 Å². The van der Waals surface area contributed by atoms with Crippen LogP contribution in [0.25, 0.3) is 0 Å². The second-order valence-corrected chi connectivity index (χ2v) is 5.07. The zero-order valence-corrected chi connectivity index (χ0v) is 12.9. The van der Waals surface area contributed by atoms with Crippen molar-refractivity contribution in [3.8, 4) is 17.6 Å². The van der Waals surface area contributed by atoms with Gasteiger partial charge in [0.2, 0.25) is 0 Å². The Bertz CT molecular complexity index is 635. The van der Waals surface area contributed by atoms with Crippen LogP contribution in [0.5, 0.6) is 11.5 Å². The molecule has 0 saturated heterocycles. The minimum absolute atomic E-state index is 0.0565. The van der Waals surface area contributed by atoms with Gasteiger partial charge in [-0.25, -0.2) is 0 Å². The van der Waals surface area contributed by atoms with E-state index in [1.165, 1.54) is 7.11 Å². The molecule has 0 heterocycles. The summed E-state index contributed by atoms with van der Waals surface area (Å²) in [6.45, 7) is 0. The molecule has 1 aliphatic rings. The Hall–Kier alpha value is -2.61. The predicted molar refractivity (Wildman–Crippen MR) is 81.4 cm³/mol. The maximum absolute atomic E-state index is 9.77. The lowest BCUT2D eigenvalue weighted by molar-refractivity contribution is 0.226. The van der Waals surface area contributed by atoms with Crippen molar-refractivity contribution in [2.45, 2.75) is 18.3 Å². The third-order valence-electron chi connectivity index (χ3n) is 3.80. The third-order valence-corrected chi connectivity index (χ3v) is 3.80. The standard InChI is InChI=1S/C17H19NO4/c1-20-13-9-14(21-2)11-17(10-13,6-7-18)12-4-5-15(19)16(8-12)22-3/h4-5,8,10-11,19H,6,9H2,1-3H3. The van der Waals surface area contributed by atoms with Crippen molar-refractivity contribution in [3.05, 3.63) is 47.4 Å². The summed E-state index contributed by atoms with van der Waals surface area (Å²) in [6, 6.07) is 7.27. The SMILES string of the molecule is COC1=CC(CC#N)(c2ccc(O)c(OC)c2)C=C(OC)C1. The largest absolute Gasteiger partial charge is 0.504 e. The van der Waals surface area contributed by atoms with E-state index in [0.717, 1.165) is 17.1 Å². The molecule has 1 N–H and O–H groups in total. The van der Waals surface area contributed by atoms with Crippen LogP contribution in [0.2, 0.25) is 0 Å². The van der Waals surface area contributed by atoms with Crippen LogP contribution in [0.15, 0.2) is 41.9 Å². The highest BCUT2D eigenvalue weighted by Crippen LogP contribution is 2.41. The fourth-order valence-corrected chi connectivity index (χ4v) is 2.62. The second-order valence-electron chi connectivity index (χ2n) is 5.07. The molecule has 0 saturated carbocycles. The Labute approximate surface area is 130 Å². The van der Waals surface area contributed by atoms with Gasteiger partial charge in [0.25, 0.3) is 0 Å². The predicted octanol–water partition coefficient (Wildman–Crippen LogP) is 3.02. The van der Waals surface area contributed by atoms with E-state index in [1.54, 1.807) is 32.4 Å². The number of hydrogen-bond donors (Lipinski definition) is 1. The summed E-state index contributed by atoms with van der Waals surface area (Å²) >= 11 is 0. The maximum atomic E-state index is 9.77. The minimum Gasteiger partial charge on any atom is -0.504 e. The van der Waals surface area contributed by atoms with Gasteiger partial charge in [-0.1, -0.05) is 6.07 Å². The zero-order chi connectivity index (χ0) is 16.2. The van der Waals surface area contributed by atoms with Gasteiger partial charge in [-0.3, -0.25) is 0 Å². The highest BCUT2D eigenvalue weighted by Gasteiger charge is 2.34. The average Bonchev–Trinajstić information content (AvgIpc) is 2.55. The van der Waals surface area contributed by atoms with Crippen molar-refractivity contribution in [1.82, 2.24) is 0 Å². The number of rotatable bonds is 5. The van der Waals surface area contributed by atoms with E-state index >= 15 is 0 Å². The van der Waals surface area contributed by atoms with Crippen molar-refractivity contribution in [3.63, 3.8) is 0 Å². The highest BCUT2D eigenvalue weighted by molar-refractivity contribution is 5.50. The average molecular weight is 301 g/mol. The van der Waals surface area contributed by atoms with Crippen LogP contribution in [-0.2, 0) is 14.9 Å². The summed E-state index contributed by atoms with van der Waals surface area (Å²) < 4.78 is 15.9. The molecular formula is C17H19NO4. The number of benzene rings is 1. The third kappa shape index (κ3) is 2.86. The highest BCUT2D eigenvalue weighted by atomic mass is 16.5. The molecule has 0 unspecified atom stereocenters. The van der Waals surface area contributed by atoms with Gasteiger partial charge >= 0.3 is 0 Å². The Kier molecular flexibility index (Phi) is 4.62. The van der Waals surface area contributed by atoms with Crippen LogP contribution in [0.3, 0.4) is 0 Å². The monoisotopic (exact) mass is 301 g/mol. The van der Waals surface area contributed by atoms with Crippen molar-refractivity contribution in [1.29, 1.82) is 5.26 Å². The number of phenols is 1. The molecule has 2 rings (SSSR count). The molecule has 1 aliphatic carbocycles. The number of methoxy groups -OCH3 is 3. The van der Waals surface area contributed by atoms with Gasteiger partial charge in [-0.05, 0) is 29.8 Å². The molecule has 5 heteroatoms. The molecule has 0 aromatic heterocycles. The summed E-state index contributed by atoms with van der Waals surface area (Å²) in [6.07, 6.45) is 4.62. The topological polar surface area (TPSA) is 71.7 Å². The van der Waals surface area contributed by atoms with Crippen LogP contribution < -0.4 is 4.74 Å². The number of ether oxygens (including phenoxy) is 3. The molecule has 22 heavy (non-hydrogen) atoms. The first-order valence-electron chi connectivity index (χ1n) is 6.84. The van der Waals surface area contributed by atoms with Crippen molar-refractivity contribution in [2.24, 2.45) is 0 Å². The molecule has 1 aromatic rings.